The van der Waals surface area contributed by atoms with Gasteiger partial charge in [-0.05, 0) is 47.3 Å². The first-order chi connectivity index (χ1) is 8.21. The minimum atomic E-state index is -0.0327. The Labute approximate surface area is 110 Å². The summed E-state index contributed by atoms with van der Waals surface area (Å²) >= 11 is 3.38. The van der Waals surface area contributed by atoms with Crippen molar-refractivity contribution in [1.82, 2.24) is 0 Å². The Bertz CT molecular complexity index is 444. The van der Waals surface area contributed by atoms with Crippen LogP contribution >= 0.6 is 15.9 Å². The quantitative estimate of drug-likeness (QED) is 0.927. The van der Waals surface area contributed by atoms with E-state index in [9.17, 15) is 0 Å². The third-order valence-electron chi connectivity index (χ3n) is 3.42. The molecule has 0 radical (unpaired) electrons. The summed E-state index contributed by atoms with van der Waals surface area (Å²) in [7, 11) is 1.76. The lowest BCUT2D eigenvalue weighted by atomic mass is 9.80. The third kappa shape index (κ3) is 2.46. The molecule has 1 aromatic rings. The summed E-state index contributed by atoms with van der Waals surface area (Å²) in [6.45, 7) is 0.759. The number of halogens is 1. The molecule has 0 aromatic heterocycles. The number of rotatable bonds is 4. The van der Waals surface area contributed by atoms with Gasteiger partial charge >= 0.3 is 0 Å². The number of anilines is 1. The molecule has 0 saturated heterocycles. The van der Waals surface area contributed by atoms with Crippen LogP contribution in [0.25, 0.3) is 0 Å². The van der Waals surface area contributed by atoms with E-state index in [2.05, 4.69) is 27.3 Å². The maximum absolute atomic E-state index is 9.11. The standard InChI is InChI=1S/C13H15BrN2O/c1-17-13(6-3-7-13)9-16-12-5-2-4-11(14)10(12)8-15/h2,4-5,16H,3,6-7,9H2,1H3. The fourth-order valence-corrected chi connectivity index (χ4v) is 2.52. The first kappa shape index (κ1) is 12.4. The summed E-state index contributed by atoms with van der Waals surface area (Å²) in [5.74, 6) is 0. The molecule has 0 amide bonds. The Morgan fingerprint density at radius 1 is 1.53 bits per heavy atom. The lowest BCUT2D eigenvalue weighted by Gasteiger charge is -2.40. The predicted molar refractivity (Wildman–Crippen MR) is 70.9 cm³/mol. The highest BCUT2D eigenvalue weighted by atomic mass is 79.9. The third-order valence-corrected chi connectivity index (χ3v) is 4.09. The zero-order valence-corrected chi connectivity index (χ0v) is 11.4. The molecular weight excluding hydrogens is 280 g/mol. The fraction of sp³-hybridized carbons (Fsp3) is 0.462. The van der Waals surface area contributed by atoms with Gasteiger partial charge in [-0.2, -0.15) is 5.26 Å². The number of benzene rings is 1. The van der Waals surface area contributed by atoms with Gasteiger partial charge in [-0.25, -0.2) is 0 Å². The van der Waals surface area contributed by atoms with Crippen molar-refractivity contribution in [2.45, 2.75) is 24.9 Å². The van der Waals surface area contributed by atoms with Crippen molar-refractivity contribution >= 4 is 21.6 Å². The highest BCUT2D eigenvalue weighted by molar-refractivity contribution is 9.10. The van der Waals surface area contributed by atoms with Gasteiger partial charge in [-0.1, -0.05) is 6.07 Å². The van der Waals surface area contributed by atoms with Gasteiger partial charge in [0.15, 0.2) is 0 Å². The number of hydrogen-bond donors (Lipinski definition) is 1. The summed E-state index contributed by atoms with van der Waals surface area (Å²) in [5.41, 5.74) is 1.48. The van der Waals surface area contributed by atoms with Gasteiger partial charge in [0.2, 0.25) is 0 Å². The first-order valence-corrected chi connectivity index (χ1v) is 6.48. The van der Waals surface area contributed by atoms with Crippen molar-refractivity contribution in [2.75, 3.05) is 19.0 Å². The largest absolute Gasteiger partial charge is 0.381 e. The van der Waals surface area contributed by atoms with Crippen molar-refractivity contribution in [3.05, 3.63) is 28.2 Å². The van der Waals surface area contributed by atoms with E-state index in [1.165, 1.54) is 6.42 Å². The van der Waals surface area contributed by atoms with Crippen molar-refractivity contribution < 1.29 is 4.74 Å². The van der Waals surface area contributed by atoms with E-state index in [4.69, 9.17) is 10.00 Å². The van der Waals surface area contributed by atoms with Crippen molar-refractivity contribution in [2.24, 2.45) is 0 Å². The van der Waals surface area contributed by atoms with E-state index >= 15 is 0 Å². The van der Waals surface area contributed by atoms with Crippen molar-refractivity contribution in [3.63, 3.8) is 0 Å². The molecule has 1 aromatic carbocycles. The van der Waals surface area contributed by atoms with Crippen LogP contribution in [0.4, 0.5) is 5.69 Å². The molecule has 1 aliphatic rings. The van der Waals surface area contributed by atoms with E-state index in [0.717, 1.165) is 29.5 Å². The zero-order chi connectivity index (χ0) is 12.3. The van der Waals surface area contributed by atoms with Gasteiger partial charge in [0.1, 0.15) is 6.07 Å². The Balaban J connectivity index is 2.09. The highest BCUT2D eigenvalue weighted by Gasteiger charge is 2.36. The molecule has 1 aliphatic carbocycles. The van der Waals surface area contributed by atoms with Gasteiger partial charge in [0, 0.05) is 18.1 Å². The average Bonchev–Trinajstić information content (AvgIpc) is 2.28. The molecule has 0 aliphatic heterocycles. The van der Waals surface area contributed by atoms with Crippen molar-refractivity contribution in [3.8, 4) is 6.07 Å². The molecule has 0 unspecified atom stereocenters. The van der Waals surface area contributed by atoms with Crippen LogP contribution in [-0.2, 0) is 4.74 Å². The molecule has 0 bridgehead atoms. The van der Waals surface area contributed by atoms with E-state index < -0.39 is 0 Å². The number of nitrogens with one attached hydrogen (secondary N) is 1. The van der Waals surface area contributed by atoms with Gasteiger partial charge in [-0.15, -0.1) is 0 Å². The van der Waals surface area contributed by atoms with Gasteiger partial charge in [0.05, 0.1) is 16.9 Å². The Morgan fingerprint density at radius 2 is 2.29 bits per heavy atom. The predicted octanol–water partition coefficient (Wildman–Crippen LogP) is 3.30. The first-order valence-electron chi connectivity index (χ1n) is 5.68. The fourth-order valence-electron chi connectivity index (χ4n) is 2.07. The molecule has 0 atom stereocenters. The molecule has 1 saturated carbocycles. The van der Waals surface area contributed by atoms with E-state index in [-0.39, 0.29) is 5.60 Å². The molecule has 0 spiro atoms. The normalized spacial score (nSPS) is 17.0. The van der Waals surface area contributed by atoms with Crippen LogP contribution in [0, 0.1) is 11.3 Å². The lowest BCUT2D eigenvalue weighted by molar-refractivity contribution is -0.0601. The number of nitrogens with zero attached hydrogens (tertiary/aromatic N) is 1. The van der Waals surface area contributed by atoms with Crippen LogP contribution in [0.3, 0.4) is 0 Å². The smallest absolute Gasteiger partial charge is 0.103 e. The maximum atomic E-state index is 9.11. The van der Waals surface area contributed by atoms with Crippen LogP contribution in [0.5, 0.6) is 0 Å². The minimum Gasteiger partial charge on any atom is -0.381 e. The van der Waals surface area contributed by atoms with Crippen molar-refractivity contribution in [1.29, 1.82) is 5.26 Å². The summed E-state index contributed by atoms with van der Waals surface area (Å²) in [4.78, 5) is 0. The lowest BCUT2D eigenvalue weighted by Crippen LogP contribution is -2.45. The number of methoxy groups -OCH3 is 1. The maximum Gasteiger partial charge on any atom is 0.103 e. The Kier molecular flexibility index (Phi) is 3.70. The molecule has 4 heteroatoms. The van der Waals surface area contributed by atoms with Crippen LogP contribution in [0.1, 0.15) is 24.8 Å². The number of hydrogen-bond acceptors (Lipinski definition) is 3. The summed E-state index contributed by atoms with van der Waals surface area (Å²) < 4.78 is 6.37. The summed E-state index contributed by atoms with van der Waals surface area (Å²) in [5, 5.41) is 12.4. The van der Waals surface area contributed by atoms with E-state index in [1.807, 2.05) is 18.2 Å². The Hall–Kier alpha value is -1.05. The minimum absolute atomic E-state index is 0.0327. The summed E-state index contributed by atoms with van der Waals surface area (Å²) in [6, 6.07) is 7.92. The average molecular weight is 295 g/mol. The highest BCUT2D eigenvalue weighted by Crippen LogP contribution is 2.35. The molecule has 90 valence electrons. The molecular formula is C13H15BrN2O. The van der Waals surface area contributed by atoms with E-state index in [0.29, 0.717) is 5.56 Å². The van der Waals surface area contributed by atoms with Gasteiger partial charge in [-0.3, -0.25) is 0 Å². The number of ether oxygens (including phenoxy) is 1. The molecule has 3 nitrogen and oxygen atoms in total. The summed E-state index contributed by atoms with van der Waals surface area (Å²) in [6.07, 6.45) is 3.40. The molecule has 1 N–H and O–H groups in total. The zero-order valence-electron chi connectivity index (χ0n) is 9.79. The van der Waals surface area contributed by atoms with Gasteiger partial charge in [0.25, 0.3) is 0 Å². The second kappa shape index (κ2) is 5.07. The van der Waals surface area contributed by atoms with Crippen LogP contribution in [0.15, 0.2) is 22.7 Å². The molecule has 17 heavy (non-hydrogen) atoms. The van der Waals surface area contributed by atoms with Crippen LogP contribution in [0.2, 0.25) is 0 Å². The molecule has 2 rings (SSSR count). The molecule has 0 heterocycles. The van der Waals surface area contributed by atoms with Crippen LogP contribution in [-0.4, -0.2) is 19.3 Å². The topological polar surface area (TPSA) is 45.0 Å². The Morgan fingerprint density at radius 3 is 2.82 bits per heavy atom. The van der Waals surface area contributed by atoms with Gasteiger partial charge < -0.3 is 10.1 Å². The molecule has 1 fully saturated rings. The number of nitriles is 1. The SMILES string of the molecule is COC1(CNc2cccc(Br)c2C#N)CCC1. The second-order valence-corrected chi connectivity index (χ2v) is 5.22. The monoisotopic (exact) mass is 294 g/mol. The van der Waals surface area contributed by atoms with Crippen LogP contribution < -0.4 is 5.32 Å². The van der Waals surface area contributed by atoms with E-state index in [1.54, 1.807) is 7.11 Å². The second-order valence-electron chi connectivity index (χ2n) is 4.37.